The fourth-order valence-electron chi connectivity index (χ4n) is 8.02. The van der Waals surface area contributed by atoms with Gasteiger partial charge in [0.05, 0.1) is 23.9 Å². The molecule has 0 bridgehead atoms. The number of ether oxygens (including phenoxy) is 3. The SMILES string of the molecule is CCc1c(OC2CC3C(=O)NC4(C(=O)NS(=O)(=O)C5(C)CC5)CCC4C=CCCCCCC(NC(=O)OC(C)(C)C)C(=O)N3C2)c(C(F)(F)F)nc2ccc(OC)cc12. The molecule has 3 fully saturated rings. The fourth-order valence-corrected chi connectivity index (χ4v) is 9.34. The summed E-state index contributed by atoms with van der Waals surface area (Å²) in [4.78, 5) is 61.5. The largest absolute Gasteiger partial charge is 0.497 e. The quantitative estimate of drug-likeness (QED) is 0.273. The first kappa shape index (κ1) is 44.0. The molecular weight excluding hydrogens is 796 g/mol. The lowest BCUT2D eigenvalue weighted by atomic mass is 9.65. The Morgan fingerprint density at radius 1 is 1.07 bits per heavy atom. The summed E-state index contributed by atoms with van der Waals surface area (Å²) in [5, 5.41) is 5.83. The molecule has 1 aromatic carbocycles. The van der Waals surface area contributed by atoms with Crippen LogP contribution in [-0.2, 0) is 41.7 Å². The number of nitrogens with zero attached hydrogens (tertiary/aromatic N) is 2. The number of alkyl halides is 3. The summed E-state index contributed by atoms with van der Waals surface area (Å²) in [5.74, 6) is -3.18. The van der Waals surface area contributed by atoms with Crippen molar-refractivity contribution in [2.75, 3.05) is 13.7 Å². The first-order chi connectivity index (χ1) is 27.6. The Bertz CT molecular complexity index is 2120. The molecule has 6 rings (SSSR count). The predicted molar refractivity (Wildman–Crippen MR) is 211 cm³/mol. The number of carbonyl (C=O) groups excluding carboxylic acids is 4. The van der Waals surface area contributed by atoms with Crippen molar-refractivity contribution in [3.8, 4) is 11.5 Å². The molecule has 0 spiro atoms. The second-order valence-electron chi connectivity index (χ2n) is 17.2. The van der Waals surface area contributed by atoms with E-state index < -0.39 is 91.5 Å². The lowest BCUT2D eigenvalue weighted by Crippen LogP contribution is -2.70. The van der Waals surface area contributed by atoms with E-state index in [2.05, 4.69) is 20.3 Å². The standard InChI is InChI=1S/C41H54F3N5O9S/c1-7-27-28-21-25(56-6)15-16-29(28)45-33(41(42,43)44)32(27)57-26-22-31-34(50)47-40(36(52)48-59(54,55)39(5)19-20-39)18-17-24(40)13-11-9-8-10-12-14-30(35(51)49(31)23-26)46-37(53)58-38(2,3)4/h11,13,15-16,21,24,26,30-31H,7-10,12,14,17-20,22-23H2,1-6H3,(H,46,53)(H,47,50)(H,48,52). The third-order valence-electron chi connectivity index (χ3n) is 11.8. The van der Waals surface area contributed by atoms with Crippen molar-refractivity contribution in [1.29, 1.82) is 0 Å². The Balaban J connectivity index is 1.40. The molecular formula is C41H54F3N5O9S. The Kier molecular flexibility index (Phi) is 12.3. The van der Waals surface area contributed by atoms with E-state index in [0.717, 1.165) is 4.90 Å². The predicted octanol–water partition coefficient (Wildman–Crippen LogP) is 5.85. The number of sulfonamides is 1. The van der Waals surface area contributed by atoms with Crippen molar-refractivity contribution in [2.45, 2.75) is 145 Å². The lowest BCUT2D eigenvalue weighted by Gasteiger charge is -2.47. The van der Waals surface area contributed by atoms with E-state index in [0.29, 0.717) is 56.1 Å². The first-order valence-electron chi connectivity index (χ1n) is 20.2. The van der Waals surface area contributed by atoms with Gasteiger partial charge < -0.3 is 29.7 Å². The average Bonchev–Trinajstić information content (AvgIpc) is 3.77. The third-order valence-corrected chi connectivity index (χ3v) is 14.0. The summed E-state index contributed by atoms with van der Waals surface area (Å²) >= 11 is 0. The molecule has 3 N–H and O–H groups in total. The highest BCUT2D eigenvalue weighted by Crippen LogP contribution is 2.46. The van der Waals surface area contributed by atoms with Crippen LogP contribution in [0.2, 0.25) is 0 Å². The van der Waals surface area contributed by atoms with Gasteiger partial charge in [0.25, 0.3) is 5.91 Å². The van der Waals surface area contributed by atoms with Crippen LogP contribution in [0.25, 0.3) is 10.9 Å². The van der Waals surface area contributed by atoms with Gasteiger partial charge >= 0.3 is 12.3 Å². The van der Waals surface area contributed by atoms with Gasteiger partial charge in [0, 0.05) is 23.3 Å². The summed E-state index contributed by atoms with van der Waals surface area (Å²) < 4.78 is 88.9. The zero-order valence-electron chi connectivity index (χ0n) is 34.3. The number of aryl methyl sites for hydroxylation is 1. The van der Waals surface area contributed by atoms with E-state index in [1.54, 1.807) is 39.8 Å². The molecule has 59 heavy (non-hydrogen) atoms. The number of alkyl carbamates (subject to hydrolysis) is 1. The molecule has 18 heteroatoms. The van der Waals surface area contributed by atoms with Gasteiger partial charge in [-0.15, -0.1) is 0 Å². The number of hydrogen-bond donors (Lipinski definition) is 3. The average molecular weight is 850 g/mol. The van der Waals surface area contributed by atoms with Crippen LogP contribution in [0.5, 0.6) is 11.5 Å². The van der Waals surface area contributed by atoms with E-state index in [9.17, 15) is 40.8 Å². The first-order valence-corrected chi connectivity index (χ1v) is 21.7. The molecule has 14 nitrogen and oxygen atoms in total. The molecule has 1 aromatic heterocycles. The molecule has 2 aromatic rings. The van der Waals surface area contributed by atoms with Gasteiger partial charge in [-0.3, -0.25) is 19.1 Å². The molecule has 5 unspecified atom stereocenters. The van der Waals surface area contributed by atoms with E-state index in [-0.39, 0.29) is 43.3 Å². The van der Waals surface area contributed by atoms with Crippen LogP contribution in [0.4, 0.5) is 18.0 Å². The second-order valence-corrected chi connectivity index (χ2v) is 19.4. The van der Waals surface area contributed by atoms with Crippen molar-refractivity contribution in [1.82, 2.24) is 25.2 Å². The maximum absolute atomic E-state index is 14.8. The normalized spacial score (nSPS) is 26.3. The number of benzene rings is 1. The Labute approximate surface area is 342 Å². The zero-order chi connectivity index (χ0) is 43.1. The van der Waals surface area contributed by atoms with Crippen molar-refractivity contribution < 1.29 is 55.0 Å². The number of pyridine rings is 1. The van der Waals surface area contributed by atoms with Gasteiger partial charge in [0.1, 0.15) is 35.1 Å². The molecule has 0 radical (unpaired) electrons. The number of rotatable bonds is 8. The number of carbonyl (C=O) groups is 4. The number of methoxy groups -OCH3 is 1. The van der Waals surface area contributed by atoms with E-state index in [1.165, 1.54) is 26.2 Å². The Morgan fingerprint density at radius 2 is 1.80 bits per heavy atom. The number of nitrogens with one attached hydrogen (secondary N) is 3. The summed E-state index contributed by atoms with van der Waals surface area (Å²) in [5.41, 5.74) is -3.62. The van der Waals surface area contributed by atoms with Crippen molar-refractivity contribution in [3.05, 3.63) is 41.6 Å². The van der Waals surface area contributed by atoms with Gasteiger partial charge in [-0.2, -0.15) is 13.2 Å². The van der Waals surface area contributed by atoms with E-state index >= 15 is 0 Å². The minimum absolute atomic E-state index is 0.0670. The summed E-state index contributed by atoms with van der Waals surface area (Å²) in [6.45, 7) is 7.82. The molecule has 4 amide bonds. The van der Waals surface area contributed by atoms with Crippen LogP contribution in [0.1, 0.15) is 110 Å². The van der Waals surface area contributed by atoms with Gasteiger partial charge in [0.15, 0.2) is 11.4 Å². The monoisotopic (exact) mass is 849 g/mol. The number of allylic oxidation sites excluding steroid dienone is 1. The molecule has 2 aliphatic heterocycles. The summed E-state index contributed by atoms with van der Waals surface area (Å²) in [6, 6.07) is 1.89. The highest BCUT2D eigenvalue weighted by Gasteiger charge is 2.58. The number of aromatic nitrogens is 1. The van der Waals surface area contributed by atoms with Crippen molar-refractivity contribution in [3.63, 3.8) is 0 Å². The van der Waals surface area contributed by atoms with Crippen LogP contribution >= 0.6 is 0 Å². The topological polar surface area (TPSA) is 182 Å². The zero-order valence-corrected chi connectivity index (χ0v) is 35.1. The number of halogens is 3. The second kappa shape index (κ2) is 16.4. The molecule has 4 aliphatic rings. The lowest BCUT2D eigenvalue weighted by molar-refractivity contribution is -0.145. The van der Waals surface area contributed by atoms with Gasteiger partial charge in [-0.1, -0.05) is 31.9 Å². The molecule has 324 valence electrons. The van der Waals surface area contributed by atoms with Crippen LogP contribution in [-0.4, -0.2) is 89.8 Å². The van der Waals surface area contributed by atoms with Gasteiger partial charge in [-0.25, -0.2) is 18.2 Å². The summed E-state index contributed by atoms with van der Waals surface area (Å²) in [6.07, 6.45) is 0.393. The molecule has 2 saturated carbocycles. The number of hydrogen-bond acceptors (Lipinski definition) is 10. The third kappa shape index (κ3) is 9.26. The highest BCUT2D eigenvalue weighted by molar-refractivity contribution is 7.91. The van der Waals surface area contributed by atoms with Gasteiger partial charge in [0.2, 0.25) is 21.8 Å². The maximum Gasteiger partial charge on any atom is 0.437 e. The van der Waals surface area contributed by atoms with Crippen LogP contribution in [0.15, 0.2) is 30.4 Å². The minimum atomic E-state index is -4.95. The summed E-state index contributed by atoms with van der Waals surface area (Å²) in [7, 11) is -2.68. The minimum Gasteiger partial charge on any atom is -0.497 e. The highest BCUT2D eigenvalue weighted by atomic mass is 32.2. The molecule has 1 saturated heterocycles. The molecule has 2 aliphatic carbocycles. The van der Waals surface area contributed by atoms with Crippen molar-refractivity contribution >= 4 is 44.7 Å². The van der Waals surface area contributed by atoms with Crippen molar-refractivity contribution in [2.24, 2.45) is 5.92 Å². The number of fused-ring (bicyclic) bond motifs is 3. The Morgan fingerprint density at radius 3 is 2.41 bits per heavy atom. The van der Waals surface area contributed by atoms with E-state index in [4.69, 9.17) is 14.2 Å². The fraction of sp³-hybridized carbons (Fsp3) is 0.634. The van der Waals surface area contributed by atoms with Gasteiger partial charge in [-0.05, 0) is 97.3 Å². The number of amides is 4. The Hall–Kier alpha value is -4.61. The van der Waals surface area contributed by atoms with Crippen LogP contribution < -0.4 is 24.8 Å². The maximum atomic E-state index is 14.8. The smallest absolute Gasteiger partial charge is 0.437 e. The van der Waals surface area contributed by atoms with Crippen LogP contribution in [0.3, 0.4) is 0 Å². The van der Waals surface area contributed by atoms with Crippen LogP contribution in [0, 0.1) is 5.92 Å². The molecule has 3 heterocycles. The molecule has 5 atom stereocenters. The van der Waals surface area contributed by atoms with E-state index in [1.807, 2.05) is 6.08 Å².